The van der Waals surface area contributed by atoms with Gasteiger partial charge in [-0.25, -0.2) is 0 Å². The molecular weight excluding hydrogens is 384 g/mol. The minimum absolute atomic E-state index is 0.0337. The van der Waals surface area contributed by atoms with Crippen LogP contribution in [0.5, 0.6) is 5.75 Å². The van der Waals surface area contributed by atoms with Gasteiger partial charge in [0.1, 0.15) is 11.8 Å². The molecule has 2 atom stereocenters. The van der Waals surface area contributed by atoms with Crippen molar-refractivity contribution in [2.45, 2.75) is 19.0 Å². The van der Waals surface area contributed by atoms with Gasteiger partial charge in [-0.2, -0.15) is 0 Å². The number of nitrogens with one attached hydrogen (secondary N) is 1. The number of amides is 1. The third-order valence-electron chi connectivity index (χ3n) is 4.94. The molecule has 0 fully saturated rings. The normalized spacial score (nSPS) is 12.8. The molecule has 0 unspecified atom stereocenters. The van der Waals surface area contributed by atoms with Crippen molar-refractivity contribution >= 4 is 17.5 Å². The summed E-state index contributed by atoms with van der Waals surface area (Å²) in [6.07, 6.45) is 0. The summed E-state index contributed by atoms with van der Waals surface area (Å²) in [6.45, 7) is 2.36. The molecule has 3 aromatic carbocycles. The highest BCUT2D eigenvalue weighted by atomic mass is 35.5. The number of ether oxygens (including phenoxy) is 1. The highest BCUT2D eigenvalue weighted by molar-refractivity contribution is 6.31. The number of methoxy groups -OCH3 is 1. The van der Waals surface area contributed by atoms with Crippen molar-refractivity contribution in [1.29, 1.82) is 0 Å². The van der Waals surface area contributed by atoms with Crippen molar-refractivity contribution in [3.05, 3.63) is 101 Å². The van der Waals surface area contributed by atoms with E-state index in [1.807, 2.05) is 91.1 Å². The first-order valence-corrected chi connectivity index (χ1v) is 10.0. The SMILES string of the molecule is COc1ccc([C@@H](NC(=O)C[NH2+][C@@H](C)c2ccccc2Cl)c2ccccc2)cc1. The maximum atomic E-state index is 12.7. The quantitative estimate of drug-likeness (QED) is 0.593. The lowest BCUT2D eigenvalue weighted by molar-refractivity contribution is -0.682. The van der Waals surface area contributed by atoms with E-state index in [4.69, 9.17) is 16.3 Å². The lowest BCUT2D eigenvalue weighted by Gasteiger charge is -2.20. The Morgan fingerprint density at radius 2 is 1.59 bits per heavy atom. The maximum Gasteiger partial charge on any atom is 0.275 e. The summed E-state index contributed by atoms with van der Waals surface area (Å²) in [5, 5.41) is 5.88. The topological polar surface area (TPSA) is 54.9 Å². The van der Waals surface area contributed by atoms with Gasteiger partial charge in [-0.3, -0.25) is 4.79 Å². The fourth-order valence-corrected chi connectivity index (χ4v) is 3.58. The molecule has 3 rings (SSSR count). The molecule has 0 aliphatic rings. The number of nitrogens with two attached hydrogens (primary N) is 1. The Morgan fingerprint density at radius 1 is 0.966 bits per heavy atom. The van der Waals surface area contributed by atoms with Crippen molar-refractivity contribution < 1.29 is 14.8 Å². The number of halogens is 1. The zero-order valence-corrected chi connectivity index (χ0v) is 17.4. The van der Waals surface area contributed by atoms with E-state index in [1.165, 1.54) is 0 Å². The van der Waals surface area contributed by atoms with Gasteiger partial charge >= 0.3 is 0 Å². The minimum atomic E-state index is -0.223. The molecule has 0 spiro atoms. The van der Waals surface area contributed by atoms with Crippen LogP contribution in [0.4, 0.5) is 0 Å². The lowest BCUT2D eigenvalue weighted by Crippen LogP contribution is -2.87. The first kappa shape index (κ1) is 20.9. The van der Waals surface area contributed by atoms with E-state index in [0.29, 0.717) is 6.54 Å². The highest BCUT2D eigenvalue weighted by Crippen LogP contribution is 2.24. The van der Waals surface area contributed by atoms with Crippen molar-refractivity contribution in [2.24, 2.45) is 0 Å². The average molecular weight is 410 g/mol. The van der Waals surface area contributed by atoms with Crippen molar-refractivity contribution in [3.8, 4) is 5.75 Å². The molecule has 3 aromatic rings. The number of hydrogen-bond donors (Lipinski definition) is 2. The molecule has 0 bridgehead atoms. The Kier molecular flexibility index (Phi) is 7.28. The van der Waals surface area contributed by atoms with Crippen LogP contribution in [0.1, 0.15) is 35.7 Å². The minimum Gasteiger partial charge on any atom is -0.497 e. The Balaban J connectivity index is 1.70. The van der Waals surface area contributed by atoms with Crippen LogP contribution in [0.3, 0.4) is 0 Å². The molecular formula is C24H26ClN2O2+. The molecule has 0 saturated carbocycles. The molecule has 150 valence electrons. The Hall–Kier alpha value is -2.82. The number of carbonyl (C=O) groups excluding carboxylic acids is 1. The van der Waals surface area contributed by atoms with Crippen LogP contribution in [-0.4, -0.2) is 19.6 Å². The molecule has 0 radical (unpaired) electrons. The third-order valence-corrected chi connectivity index (χ3v) is 5.28. The summed E-state index contributed by atoms with van der Waals surface area (Å²) in [5.74, 6) is 0.752. The molecule has 0 saturated heterocycles. The Labute approximate surface area is 176 Å². The predicted octanol–water partition coefficient (Wildman–Crippen LogP) is 3.88. The van der Waals surface area contributed by atoms with Crippen LogP contribution in [0.2, 0.25) is 5.02 Å². The molecule has 0 aromatic heterocycles. The van der Waals surface area contributed by atoms with Gasteiger partial charge in [0.05, 0.1) is 13.2 Å². The number of benzene rings is 3. The van der Waals surface area contributed by atoms with Gasteiger partial charge in [0.25, 0.3) is 5.91 Å². The second-order valence-electron chi connectivity index (χ2n) is 6.93. The van der Waals surface area contributed by atoms with Crippen LogP contribution < -0.4 is 15.4 Å². The molecule has 5 heteroatoms. The number of carbonyl (C=O) groups is 1. The fraction of sp³-hybridized carbons (Fsp3) is 0.208. The number of hydrogen-bond acceptors (Lipinski definition) is 2. The van der Waals surface area contributed by atoms with Gasteiger partial charge < -0.3 is 15.4 Å². The molecule has 1 amide bonds. The largest absolute Gasteiger partial charge is 0.497 e. The van der Waals surface area contributed by atoms with E-state index < -0.39 is 0 Å². The zero-order chi connectivity index (χ0) is 20.6. The lowest BCUT2D eigenvalue weighted by atomic mass is 9.98. The monoisotopic (exact) mass is 409 g/mol. The second kappa shape index (κ2) is 10.1. The van der Waals surface area contributed by atoms with Gasteiger partial charge in [-0.1, -0.05) is 72.3 Å². The van der Waals surface area contributed by atoms with E-state index in [2.05, 4.69) is 5.32 Å². The molecule has 0 heterocycles. The molecule has 29 heavy (non-hydrogen) atoms. The van der Waals surface area contributed by atoms with Crippen molar-refractivity contribution in [2.75, 3.05) is 13.7 Å². The van der Waals surface area contributed by atoms with Gasteiger partial charge in [0, 0.05) is 10.6 Å². The van der Waals surface area contributed by atoms with Crippen molar-refractivity contribution in [3.63, 3.8) is 0 Å². The summed E-state index contributed by atoms with van der Waals surface area (Å²) >= 11 is 6.27. The average Bonchev–Trinajstić information content (AvgIpc) is 2.77. The van der Waals surface area contributed by atoms with Crippen LogP contribution in [0, 0.1) is 0 Å². The zero-order valence-electron chi connectivity index (χ0n) is 16.6. The molecule has 4 nitrogen and oxygen atoms in total. The van der Waals surface area contributed by atoms with Gasteiger partial charge in [-0.15, -0.1) is 0 Å². The summed E-state index contributed by atoms with van der Waals surface area (Å²) < 4.78 is 5.25. The maximum absolute atomic E-state index is 12.7. The third kappa shape index (κ3) is 5.59. The van der Waals surface area contributed by atoms with E-state index in [1.54, 1.807) is 7.11 Å². The summed E-state index contributed by atoms with van der Waals surface area (Å²) in [4.78, 5) is 12.7. The fourth-order valence-electron chi connectivity index (χ4n) is 3.28. The van der Waals surface area contributed by atoms with Gasteiger partial charge in [0.15, 0.2) is 6.54 Å². The van der Waals surface area contributed by atoms with Crippen LogP contribution in [-0.2, 0) is 4.79 Å². The number of rotatable bonds is 8. The number of quaternary nitrogens is 1. The van der Waals surface area contributed by atoms with E-state index >= 15 is 0 Å². The molecule has 0 aliphatic carbocycles. The molecule has 0 aliphatic heterocycles. The second-order valence-corrected chi connectivity index (χ2v) is 7.34. The summed E-state index contributed by atoms with van der Waals surface area (Å²) in [6, 6.07) is 25.3. The van der Waals surface area contributed by atoms with E-state index in [-0.39, 0.29) is 18.0 Å². The van der Waals surface area contributed by atoms with Crippen LogP contribution >= 0.6 is 11.6 Å². The predicted molar refractivity (Wildman–Crippen MR) is 116 cm³/mol. The summed E-state index contributed by atoms with van der Waals surface area (Å²) in [5.41, 5.74) is 3.06. The van der Waals surface area contributed by atoms with Crippen LogP contribution in [0.25, 0.3) is 0 Å². The van der Waals surface area contributed by atoms with E-state index in [9.17, 15) is 4.79 Å². The Morgan fingerprint density at radius 3 is 2.24 bits per heavy atom. The van der Waals surface area contributed by atoms with E-state index in [0.717, 1.165) is 27.5 Å². The van der Waals surface area contributed by atoms with Crippen molar-refractivity contribution in [1.82, 2.24) is 5.32 Å². The van der Waals surface area contributed by atoms with Crippen LogP contribution in [0.15, 0.2) is 78.9 Å². The van der Waals surface area contributed by atoms with Gasteiger partial charge in [0.2, 0.25) is 0 Å². The first-order chi connectivity index (χ1) is 14.1. The Bertz CT molecular complexity index is 929. The standard InChI is InChI=1S/C24H25ClN2O2/c1-17(21-10-6-7-11-22(21)25)26-16-23(28)27-24(18-8-4-3-5-9-18)19-12-14-20(29-2)15-13-19/h3-15,17,24,26H,16H2,1-2H3,(H,27,28)/p+1/t17-,24-/m0/s1. The van der Waals surface area contributed by atoms with Gasteiger partial charge in [-0.05, 0) is 36.2 Å². The molecule has 3 N–H and O–H groups in total. The summed E-state index contributed by atoms with van der Waals surface area (Å²) in [7, 11) is 1.64. The highest BCUT2D eigenvalue weighted by Gasteiger charge is 2.19. The first-order valence-electron chi connectivity index (χ1n) is 9.64. The smallest absolute Gasteiger partial charge is 0.275 e.